The van der Waals surface area contributed by atoms with Gasteiger partial charge in [-0.05, 0) is 98.8 Å². The van der Waals surface area contributed by atoms with Gasteiger partial charge in [0.15, 0.2) is 0 Å². The Morgan fingerprint density at radius 1 is 0.714 bits per heavy atom. The molecule has 220 valence electrons. The van der Waals surface area contributed by atoms with Crippen LogP contribution in [0.1, 0.15) is 65.3 Å². The van der Waals surface area contributed by atoms with Crippen molar-refractivity contribution in [1.82, 2.24) is 0 Å². The quantitative estimate of drug-likeness (QED) is 0.0632. The molecule has 9 nitrogen and oxygen atoms in total. The fraction of sp³-hybridized carbons (Fsp3) is 0.273. The number of hydrogen-bond donors (Lipinski definition) is 1. The summed E-state index contributed by atoms with van der Waals surface area (Å²) in [7, 11) is 0. The Balaban J connectivity index is 1.46. The number of ether oxygens (including phenoxy) is 5. The van der Waals surface area contributed by atoms with Crippen molar-refractivity contribution in [2.24, 2.45) is 0 Å². The van der Waals surface area contributed by atoms with E-state index in [1.54, 1.807) is 48.5 Å². The van der Waals surface area contributed by atoms with E-state index in [0.29, 0.717) is 42.4 Å². The summed E-state index contributed by atoms with van der Waals surface area (Å²) in [6.45, 7) is 6.86. The van der Waals surface area contributed by atoms with Gasteiger partial charge in [-0.15, -0.1) is 0 Å². The lowest BCUT2D eigenvalue weighted by Gasteiger charge is -2.11. The van der Waals surface area contributed by atoms with E-state index >= 15 is 0 Å². The summed E-state index contributed by atoms with van der Waals surface area (Å²) < 4.78 is 27.1. The van der Waals surface area contributed by atoms with Gasteiger partial charge in [-0.2, -0.15) is 0 Å². The first-order chi connectivity index (χ1) is 20.4. The average molecular weight is 574 g/mol. The van der Waals surface area contributed by atoms with Gasteiger partial charge in [-0.25, -0.2) is 14.4 Å². The molecule has 0 aliphatic heterocycles. The molecule has 1 N–H and O–H groups in total. The van der Waals surface area contributed by atoms with Gasteiger partial charge in [-0.1, -0.05) is 13.5 Å². The summed E-state index contributed by atoms with van der Waals surface area (Å²) in [4.78, 5) is 36.2. The maximum absolute atomic E-state index is 12.7. The predicted octanol–water partition coefficient (Wildman–Crippen LogP) is 6.58. The summed E-state index contributed by atoms with van der Waals surface area (Å²) in [5.74, 6) is 0.0912. The maximum Gasteiger partial charge on any atom is 0.343 e. The van der Waals surface area contributed by atoms with Crippen LogP contribution in [0.5, 0.6) is 23.0 Å². The first-order valence-corrected chi connectivity index (χ1v) is 13.8. The molecule has 3 rings (SSSR count). The smallest absolute Gasteiger partial charge is 0.343 e. The lowest BCUT2D eigenvalue weighted by Crippen LogP contribution is -2.11. The van der Waals surface area contributed by atoms with E-state index in [0.717, 1.165) is 44.4 Å². The normalized spacial score (nSPS) is 10.3. The Labute approximate surface area is 245 Å². The number of nitrogens with one attached hydrogen (secondary N) is 1. The van der Waals surface area contributed by atoms with Crippen LogP contribution in [0.15, 0.2) is 79.4 Å². The summed E-state index contributed by atoms with van der Waals surface area (Å²) in [6, 6.07) is 17.6. The molecule has 0 amide bonds. The van der Waals surface area contributed by atoms with Crippen LogP contribution in [-0.4, -0.2) is 43.9 Å². The number of carbonyl (C=O) groups excluding carboxylic acids is 3. The van der Waals surface area contributed by atoms with E-state index < -0.39 is 17.9 Å². The predicted molar refractivity (Wildman–Crippen MR) is 158 cm³/mol. The average Bonchev–Trinajstić information content (AvgIpc) is 3.02. The fourth-order valence-electron chi connectivity index (χ4n) is 3.69. The molecule has 9 heteroatoms. The van der Waals surface area contributed by atoms with Gasteiger partial charge in [0, 0.05) is 17.9 Å². The molecule has 0 aliphatic rings. The zero-order valence-electron chi connectivity index (χ0n) is 23.6. The Hall–Kier alpha value is -4.92. The minimum Gasteiger partial charge on any atom is -0.494 e. The molecule has 0 saturated carbocycles. The molecular weight excluding hydrogens is 538 g/mol. The van der Waals surface area contributed by atoms with Crippen LogP contribution >= 0.6 is 0 Å². The van der Waals surface area contributed by atoms with Gasteiger partial charge in [0.2, 0.25) is 0 Å². The molecule has 0 atom stereocenters. The first kappa shape index (κ1) is 31.6. The Morgan fingerprint density at radius 2 is 1.26 bits per heavy atom. The zero-order valence-corrected chi connectivity index (χ0v) is 23.6. The van der Waals surface area contributed by atoms with Crippen molar-refractivity contribution in [3.8, 4) is 23.0 Å². The van der Waals surface area contributed by atoms with E-state index in [-0.39, 0.29) is 17.1 Å². The fourth-order valence-corrected chi connectivity index (χ4v) is 3.69. The van der Waals surface area contributed by atoms with Crippen molar-refractivity contribution < 1.29 is 38.1 Å². The van der Waals surface area contributed by atoms with Crippen molar-refractivity contribution in [1.29, 1.82) is 5.41 Å². The lowest BCUT2D eigenvalue weighted by molar-refractivity contribution is -0.137. The van der Waals surface area contributed by atoms with Crippen molar-refractivity contribution in [2.75, 3.05) is 19.8 Å². The molecule has 3 aromatic carbocycles. The van der Waals surface area contributed by atoms with Crippen molar-refractivity contribution in [2.45, 2.75) is 39.0 Å². The van der Waals surface area contributed by atoms with E-state index in [9.17, 15) is 14.4 Å². The molecule has 0 unspecified atom stereocenters. The molecule has 42 heavy (non-hydrogen) atoms. The Kier molecular flexibility index (Phi) is 12.8. The molecule has 3 aromatic rings. The van der Waals surface area contributed by atoms with Crippen LogP contribution in [0.2, 0.25) is 0 Å². The van der Waals surface area contributed by atoms with Gasteiger partial charge < -0.3 is 29.1 Å². The molecular formula is C33H35NO8. The van der Waals surface area contributed by atoms with Crippen LogP contribution < -0.4 is 18.9 Å². The van der Waals surface area contributed by atoms with Crippen LogP contribution in [-0.2, 0) is 9.53 Å². The van der Waals surface area contributed by atoms with Gasteiger partial charge in [0.1, 0.15) is 23.0 Å². The topological polar surface area (TPSA) is 121 Å². The molecule has 0 aliphatic carbocycles. The monoisotopic (exact) mass is 573 g/mol. The van der Waals surface area contributed by atoms with Crippen LogP contribution in [0.4, 0.5) is 0 Å². The second-order valence-electron chi connectivity index (χ2n) is 9.15. The Bertz CT molecular complexity index is 1350. The summed E-state index contributed by atoms with van der Waals surface area (Å²) in [5.41, 5.74) is 0.937. The molecule has 0 radical (unpaired) electrons. The molecule has 0 aromatic heterocycles. The van der Waals surface area contributed by atoms with Crippen LogP contribution in [0.3, 0.4) is 0 Å². The molecule has 0 saturated heterocycles. The van der Waals surface area contributed by atoms with E-state index in [2.05, 4.69) is 6.58 Å². The molecule has 0 spiro atoms. The number of esters is 3. The largest absolute Gasteiger partial charge is 0.494 e. The number of carbonyl (C=O) groups is 3. The standard InChI is InChI=1S/C33H35NO8/c1-3-19-38-27-13-9-24(10-14-27)32(36)41-29-17-18-30(26(22-29)23-34)42-33(37)25-11-15-28(16-12-25)39-20-7-5-6-8-21-40-31(35)4-2/h4,9-18,22-23,34H,2-3,5-8,19-21H2,1H3. The summed E-state index contributed by atoms with van der Waals surface area (Å²) in [6.07, 6.45) is 6.54. The second-order valence-corrected chi connectivity index (χ2v) is 9.15. The van der Waals surface area contributed by atoms with Crippen LogP contribution in [0.25, 0.3) is 0 Å². The third-order valence-electron chi connectivity index (χ3n) is 5.92. The highest BCUT2D eigenvalue weighted by atomic mass is 16.5. The number of rotatable bonds is 17. The highest BCUT2D eigenvalue weighted by molar-refractivity contribution is 5.94. The lowest BCUT2D eigenvalue weighted by atomic mass is 10.2. The molecule has 0 bridgehead atoms. The first-order valence-electron chi connectivity index (χ1n) is 13.8. The van der Waals surface area contributed by atoms with Gasteiger partial charge >= 0.3 is 17.9 Å². The van der Waals surface area contributed by atoms with Gasteiger partial charge in [-0.3, -0.25) is 0 Å². The van der Waals surface area contributed by atoms with E-state index in [1.807, 2.05) is 6.92 Å². The van der Waals surface area contributed by atoms with Crippen molar-refractivity contribution >= 4 is 24.1 Å². The number of hydrogen-bond acceptors (Lipinski definition) is 9. The summed E-state index contributed by atoms with van der Waals surface area (Å²) in [5, 5.41) is 7.73. The van der Waals surface area contributed by atoms with Crippen molar-refractivity contribution in [3.05, 3.63) is 96.1 Å². The Morgan fingerprint density at radius 3 is 1.83 bits per heavy atom. The summed E-state index contributed by atoms with van der Waals surface area (Å²) >= 11 is 0. The van der Waals surface area contributed by atoms with Crippen LogP contribution in [0, 0.1) is 5.41 Å². The minimum atomic E-state index is -0.600. The SMILES string of the molecule is C=CC(=O)OCCCCCCOc1ccc(C(=O)Oc2ccc(OC(=O)c3ccc(OCCC)cc3)cc2C=N)cc1. The third kappa shape index (κ3) is 10.2. The van der Waals surface area contributed by atoms with E-state index in [4.69, 9.17) is 29.1 Å². The molecule has 0 heterocycles. The zero-order chi connectivity index (χ0) is 30.2. The third-order valence-corrected chi connectivity index (χ3v) is 5.92. The van der Waals surface area contributed by atoms with Crippen molar-refractivity contribution in [3.63, 3.8) is 0 Å². The maximum atomic E-state index is 12.7. The highest BCUT2D eigenvalue weighted by Crippen LogP contribution is 2.25. The highest BCUT2D eigenvalue weighted by Gasteiger charge is 2.14. The molecule has 0 fully saturated rings. The second kappa shape index (κ2) is 17.0. The van der Waals surface area contributed by atoms with E-state index in [1.165, 1.54) is 18.2 Å². The number of benzene rings is 3. The number of unbranched alkanes of at least 4 members (excludes halogenated alkanes) is 3. The van der Waals surface area contributed by atoms with Gasteiger partial charge in [0.05, 0.1) is 30.9 Å². The minimum absolute atomic E-state index is 0.159. The van der Waals surface area contributed by atoms with Gasteiger partial charge in [0.25, 0.3) is 0 Å².